The second-order valence-corrected chi connectivity index (χ2v) is 1.34. The summed E-state index contributed by atoms with van der Waals surface area (Å²) in [6.07, 6.45) is 0.753. The summed E-state index contributed by atoms with van der Waals surface area (Å²) < 4.78 is 0. The molecule has 0 aromatic rings. The zero-order valence-electron chi connectivity index (χ0n) is 3.56. The van der Waals surface area contributed by atoms with Gasteiger partial charge in [-0.25, -0.2) is 0 Å². The van der Waals surface area contributed by atoms with E-state index in [2.05, 4.69) is 12.6 Å². The fourth-order valence-electron chi connectivity index (χ4n) is 0. The Morgan fingerprint density at radius 3 is 2.00 bits per heavy atom. The lowest BCUT2D eigenvalue weighted by molar-refractivity contribution is 1.28. The van der Waals surface area contributed by atoms with E-state index in [1.165, 1.54) is 0 Å². The molecular formula is C3H8INS. The third-order valence-corrected chi connectivity index (χ3v) is 0.651. The monoisotopic (exact) mass is 217 g/mol. The number of halogens is 1. The Kier molecular flexibility index (Phi) is 9.48. The number of thiol groups is 1. The topological polar surface area (TPSA) is 23.9 Å². The van der Waals surface area contributed by atoms with E-state index in [4.69, 9.17) is 5.41 Å². The van der Waals surface area contributed by atoms with Gasteiger partial charge in [0.15, 0.2) is 0 Å². The average Bonchev–Trinajstić information content (AvgIpc) is 1.38. The molecule has 0 aromatic carbocycles. The summed E-state index contributed by atoms with van der Waals surface area (Å²) in [7, 11) is 0. The third kappa shape index (κ3) is 8.83. The summed E-state index contributed by atoms with van der Waals surface area (Å²) in [4.78, 5) is 0. The Bertz CT molecular complexity index is 46.1. The molecule has 0 saturated heterocycles. The second kappa shape index (κ2) is 5.75. The smallest absolute Gasteiger partial charge is 0.0608 e. The minimum absolute atomic E-state index is 0. The van der Waals surface area contributed by atoms with Crippen LogP contribution in [-0.2, 0) is 0 Å². The number of hydrogen-bond acceptors (Lipinski definition) is 1. The lowest BCUT2D eigenvalue weighted by atomic mass is 10.5. The van der Waals surface area contributed by atoms with E-state index in [1.54, 1.807) is 0 Å². The van der Waals surface area contributed by atoms with E-state index in [0.29, 0.717) is 5.04 Å². The highest BCUT2D eigenvalue weighted by atomic mass is 127. The summed E-state index contributed by atoms with van der Waals surface area (Å²) in [6.45, 7) is 1.90. The van der Waals surface area contributed by atoms with Crippen molar-refractivity contribution < 1.29 is 0 Å². The Morgan fingerprint density at radius 1 is 1.83 bits per heavy atom. The molecule has 0 heterocycles. The van der Waals surface area contributed by atoms with Crippen LogP contribution < -0.4 is 0 Å². The molecule has 1 nitrogen and oxygen atoms in total. The predicted octanol–water partition coefficient (Wildman–Crippen LogP) is 1.92. The zero-order valence-corrected chi connectivity index (χ0v) is 6.79. The standard InChI is InChI=1S/C3H7NS.HI/c1-2-3(4)5;/h2H2,1H3,(H2,4,5);1H. The molecule has 0 fully saturated rings. The van der Waals surface area contributed by atoms with Crippen LogP contribution in [0.3, 0.4) is 0 Å². The van der Waals surface area contributed by atoms with Crippen LogP contribution in [0.15, 0.2) is 0 Å². The van der Waals surface area contributed by atoms with Crippen LogP contribution in [-0.4, -0.2) is 5.04 Å². The van der Waals surface area contributed by atoms with Gasteiger partial charge >= 0.3 is 0 Å². The highest BCUT2D eigenvalue weighted by molar-refractivity contribution is 14.0. The first-order valence-electron chi connectivity index (χ1n) is 1.53. The highest BCUT2D eigenvalue weighted by Crippen LogP contribution is 1.81. The van der Waals surface area contributed by atoms with E-state index in [1.807, 2.05) is 6.92 Å². The third-order valence-electron chi connectivity index (χ3n) is 0.335. The van der Waals surface area contributed by atoms with E-state index in [0.717, 1.165) is 6.42 Å². The molecule has 3 heteroatoms. The van der Waals surface area contributed by atoms with Crippen molar-refractivity contribution in [2.75, 3.05) is 0 Å². The van der Waals surface area contributed by atoms with Crippen molar-refractivity contribution >= 4 is 41.6 Å². The molecule has 0 aliphatic carbocycles. The van der Waals surface area contributed by atoms with Crippen LogP contribution in [0.1, 0.15) is 13.3 Å². The minimum Gasteiger partial charge on any atom is -0.299 e. The largest absolute Gasteiger partial charge is 0.299 e. The van der Waals surface area contributed by atoms with Crippen LogP contribution in [0.5, 0.6) is 0 Å². The van der Waals surface area contributed by atoms with Gasteiger partial charge in [-0.2, -0.15) is 0 Å². The summed E-state index contributed by atoms with van der Waals surface area (Å²) in [5.74, 6) is 0. The van der Waals surface area contributed by atoms with Crippen LogP contribution in [0.25, 0.3) is 0 Å². The van der Waals surface area contributed by atoms with Crippen molar-refractivity contribution in [3.63, 3.8) is 0 Å². The highest BCUT2D eigenvalue weighted by Gasteiger charge is 1.72. The zero-order chi connectivity index (χ0) is 4.28. The van der Waals surface area contributed by atoms with Gasteiger partial charge in [-0.15, -0.1) is 36.6 Å². The lowest BCUT2D eigenvalue weighted by Gasteiger charge is -1.76. The van der Waals surface area contributed by atoms with Crippen molar-refractivity contribution in [2.24, 2.45) is 0 Å². The predicted molar refractivity (Wildman–Crippen MR) is 42.4 cm³/mol. The molecule has 0 saturated carbocycles. The van der Waals surface area contributed by atoms with Gasteiger partial charge in [0.25, 0.3) is 0 Å². The Morgan fingerprint density at radius 2 is 2.00 bits per heavy atom. The van der Waals surface area contributed by atoms with Gasteiger partial charge in [-0.3, -0.25) is 5.41 Å². The molecule has 1 N–H and O–H groups in total. The van der Waals surface area contributed by atoms with Crippen LogP contribution in [0, 0.1) is 5.41 Å². The molecule has 0 aromatic heterocycles. The Labute approximate surface area is 60.5 Å². The van der Waals surface area contributed by atoms with Gasteiger partial charge in [0.1, 0.15) is 0 Å². The number of rotatable bonds is 1. The lowest BCUT2D eigenvalue weighted by Crippen LogP contribution is -1.72. The molecule has 0 bridgehead atoms. The van der Waals surface area contributed by atoms with Crippen LogP contribution in [0.2, 0.25) is 0 Å². The van der Waals surface area contributed by atoms with Crippen molar-refractivity contribution in [3.8, 4) is 0 Å². The van der Waals surface area contributed by atoms with Gasteiger partial charge in [-0.1, -0.05) is 6.92 Å². The summed E-state index contributed by atoms with van der Waals surface area (Å²) in [5.41, 5.74) is 0. The summed E-state index contributed by atoms with van der Waals surface area (Å²) in [6, 6.07) is 0. The van der Waals surface area contributed by atoms with E-state index >= 15 is 0 Å². The number of nitrogens with one attached hydrogen (secondary N) is 1. The first-order chi connectivity index (χ1) is 2.27. The van der Waals surface area contributed by atoms with E-state index < -0.39 is 0 Å². The Hall–Kier alpha value is 0.750. The molecule has 0 amide bonds. The molecule has 0 aliphatic heterocycles. The van der Waals surface area contributed by atoms with Gasteiger partial charge in [-0.05, 0) is 6.42 Å². The first-order valence-corrected chi connectivity index (χ1v) is 1.98. The quantitative estimate of drug-likeness (QED) is 0.290. The average molecular weight is 217 g/mol. The van der Waals surface area contributed by atoms with Gasteiger partial charge < -0.3 is 0 Å². The fourth-order valence-corrected chi connectivity index (χ4v) is 0. The summed E-state index contributed by atoms with van der Waals surface area (Å²) in [5, 5.41) is 7.06. The van der Waals surface area contributed by atoms with Crippen LogP contribution in [0.4, 0.5) is 0 Å². The van der Waals surface area contributed by atoms with Crippen LogP contribution >= 0.6 is 36.6 Å². The fraction of sp³-hybridized carbons (Fsp3) is 0.667. The second-order valence-electron chi connectivity index (χ2n) is 0.800. The number of hydrogen-bond donors (Lipinski definition) is 2. The van der Waals surface area contributed by atoms with Gasteiger partial charge in [0.05, 0.1) is 5.04 Å². The van der Waals surface area contributed by atoms with Crippen molar-refractivity contribution in [1.82, 2.24) is 0 Å². The van der Waals surface area contributed by atoms with E-state index in [-0.39, 0.29) is 24.0 Å². The summed E-state index contributed by atoms with van der Waals surface area (Å²) >= 11 is 3.68. The van der Waals surface area contributed by atoms with Crippen molar-refractivity contribution in [1.29, 1.82) is 5.41 Å². The Balaban J connectivity index is 0. The SMILES string of the molecule is CCC(=N)S.I. The van der Waals surface area contributed by atoms with Crippen molar-refractivity contribution in [2.45, 2.75) is 13.3 Å². The maximum absolute atomic E-state index is 6.61. The van der Waals surface area contributed by atoms with E-state index in [9.17, 15) is 0 Å². The maximum atomic E-state index is 6.61. The first kappa shape index (κ1) is 9.89. The molecule has 0 aliphatic rings. The molecule has 0 rings (SSSR count). The molecular weight excluding hydrogens is 209 g/mol. The molecule has 38 valence electrons. The molecule has 0 atom stereocenters. The molecule has 0 unspecified atom stereocenters. The molecule has 6 heavy (non-hydrogen) atoms. The minimum atomic E-state index is 0. The van der Waals surface area contributed by atoms with Crippen molar-refractivity contribution in [3.05, 3.63) is 0 Å². The normalized spacial score (nSPS) is 6.33. The maximum Gasteiger partial charge on any atom is 0.0608 e. The molecule has 0 radical (unpaired) electrons. The molecule has 0 spiro atoms. The van der Waals surface area contributed by atoms with Gasteiger partial charge in [0, 0.05) is 0 Å². The van der Waals surface area contributed by atoms with Gasteiger partial charge in [0.2, 0.25) is 0 Å².